The number of nitrogens with one attached hydrogen (secondary N) is 1. The molecule has 1 aromatic rings. The molecule has 2 saturated heterocycles. The Kier molecular flexibility index (Phi) is 5.99. The lowest BCUT2D eigenvalue weighted by Crippen LogP contribution is -2.53. The first-order valence-electron chi connectivity index (χ1n) is 9.13. The molecule has 1 aromatic carbocycles. The van der Waals surface area contributed by atoms with Crippen LogP contribution in [0.3, 0.4) is 0 Å². The molecule has 0 spiro atoms. The van der Waals surface area contributed by atoms with E-state index in [-0.39, 0.29) is 49.3 Å². The standard InChI is InChI=1S/C18H23N3O6S/c1-13(27-18(24)15-7-8-16(22)19-15)17(23)20-9-11-21(12-10-20)28(25,26)14-5-3-2-4-6-14/h2-6,13,15H,7-12H2,1H3,(H,19,22)/t13-,15+/m1/s1. The molecule has 1 N–H and O–H groups in total. The molecule has 152 valence electrons. The lowest BCUT2D eigenvalue weighted by atomic mass is 10.2. The quantitative estimate of drug-likeness (QED) is 0.670. The van der Waals surface area contributed by atoms with E-state index in [0.29, 0.717) is 6.42 Å². The summed E-state index contributed by atoms with van der Waals surface area (Å²) in [7, 11) is -3.60. The number of hydrogen-bond donors (Lipinski definition) is 1. The fourth-order valence-electron chi connectivity index (χ4n) is 3.25. The zero-order valence-corrected chi connectivity index (χ0v) is 16.4. The zero-order valence-electron chi connectivity index (χ0n) is 15.5. The summed E-state index contributed by atoms with van der Waals surface area (Å²) in [6.07, 6.45) is -0.378. The van der Waals surface area contributed by atoms with Gasteiger partial charge in [0.2, 0.25) is 15.9 Å². The molecule has 0 aromatic heterocycles. The number of nitrogens with zero attached hydrogens (tertiary/aromatic N) is 2. The lowest BCUT2D eigenvalue weighted by molar-refractivity contribution is -0.161. The third kappa shape index (κ3) is 4.33. The van der Waals surface area contributed by atoms with Gasteiger partial charge < -0.3 is 15.0 Å². The molecule has 0 radical (unpaired) electrons. The summed E-state index contributed by atoms with van der Waals surface area (Å²) in [5.41, 5.74) is 0. The Morgan fingerprint density at radius 3 is 2.36 bits per heavy atom. The average Bonchev–Trinajstić information content (AvgIpc) is 3.14. The van der Waals surface area contributed by atoms with Gasteiger partial charge in [0.1, 0.15) is 6.04 Å². The Morgan fingerprint density at radius 2 is 1.79 bits per heavy atom. The van der Waals surface area contributed by atoms with Crippen LogP contribution >= 0.6 is 0 Å². The van der Waals surface area contributed by atoms with Crippen LogP contribution in [0.1, 0.15) is 19.8 Å². The average molecular weight is 409 g/mol. The Balaban J connectivity index is 1.53. The third-order valence-corrected chi connectivity index (χ3v) is 6.76. The fourth-order valence-corrected chi connectivity index (χ4v) is 4.69. The van der Waals surface area contributed by atoms with Gasteiger partial charge in [0.15, 0.2) is 6.10 Å². The normalized spacial score (nSPS) is 21.8. The van der Waals surface area contributed by atoms with Gasteiger partial charge in [0, 0.05) is 32.6 Å². The van der Waals surface area contributed by atoms with Gasteiger partial charge in [-0.15, -0.1) is 0 Å². The second kappa shape index (κ2) is 8.27. The Bertz CT molecular complexity index is 849. The van der Waals surface area contributed by atoms with Crippen LogP contribution in [0.5, 0.6) is 0 Å². The Morgan fingerprint density at radius 1 is 1.14 bits per heavy atom. The van der Waals surface area contributed by atoms with Gasteiger partial charge in [-0.1, -0.05) is 18.2 Å². The van der Waals surface area contributed by atoms with Crippen molar-refractivity contribution < 1.29 is 27.5 Å². The van der Waals surface area contributed by atoms with Gasteiger partial charge in [0.05, 0.1) is 4.90 Å². The number of carbonyl (C=O) groups excluding carboxylic acids is 3. The maximum absolute atomic E-state index is 12.6. The van der Waals surface area contributed by atoms with Gasteiger partial charge in [-0.2, -0.15) is 4.31 Å². The number of piperazine rings is 1. The molecule has 2 aliphatic heterocycles. The van der Waals surface area contributed by atoms with Crippen LogP contribution in [0.2, 0.25) is 0 Å². The van der Waals surface area contributed by atoms with E-state index in [1.807, 2.05) is 0 Å². The van der Waals surface area contributed by atoms with Crippen molar-refractivity contribution in [3.05, 3.63) is 30.3 Å². The lowest BCUT2D eigenvalue weighted by Gasteiger charge is -2.35. The van der Waals surface area contributed by atoms with E-state index >= 15 is 0 Å². The molecule has 0 saturated carbocycles. The first-order chi connectivity index (χ1) is 13.3. The molecule has 2 aliphatic rings. The number of hydrogen-bond acceptors (Lipinski definition) is 6. The van der Waals surface area contributed by atoms with E-state index in [1.165, 1.54) is 28.3 Å². The van der Waals surface area contributed by atoms with Crippen molar-refractivity contribution in [3.63, 3.8) is 0 Å². The van der Waals surface area contributed by atoms with Crippen LogP contribution < -0.4 is 5.32 Å². The largest absolute Gasteiger partial charge is 0.451 e. The maximum Gasteiger partial charge on any atom is 0.329 e. The van der Waals surface area contributed by atoms with E-state index < -0.39 is 28.1 Å². The van der Waals surface area contributed by atoms with Gasteiger partial charge in [-0.25, -0.2) is 13.2 Å². The van der Waals surface area contributed by atoms with Crippen molar-refractivity contribution in [3.8, 4) is 0 Å². The number of carbonyl (C=O) groups is 3. The molecule has 2 atom stereocenters. The zero-order chi connectivity index (χ0) is 20.3. The van der Waals surface area contributed by atoms with E-state index in [9.17, 15) is 22.8 Å². The fraction of sp³-hybridized carbons (Fsp3) is 0.500. The van der Waals surface area contributed by atoms with Crippen LogP contribution in [0, 0.1) is 0 Å². The second-order valence-corrected chi connectivity index (χ2v) is 8.72. The van der Waals surface area contributed by atoms with E-state index in [1.54, 1.807) is 18.2 Å². The summed E-state index contributed by atoms with van der Waals surface area (Å²) in [6.45, 7) is 2.24. The molecule has 2 amide bonds. The molecular formula is C18H23N3O6S. The van der Waals surface area contributed by atoms with Crippen molar-refractivity contribution in [2.45, 2.75) is 36.8 Å². The van der Waals surface area contributed by atoms with E-state index in [4.69, 9.17) is 4.74 Å². The molecular weight excluding hydrogens is 386 g/mol. The number of ether oxygens (including phenoxy) is 1. The van der Waals surface area contributed by atoms with Crippen LogP contribution in [0.4, 0.5) is 0 Å². The summed E-state index contributed by atoms with van der Waals surface area (Å²) in [6, 6.07) is 7.43. The monoisotopic (exact) mass is 409 g/mol. The van der Waals surface area contributed by atoms with E-state index in [0.717, 1.165) is 0 Å². The van der Waals surface area contributed by atoms with E-state index in [2.05, 4.69) is 5.32 Å². The number of benzene rings is 1. The molecule has 0 unspecified atom stereocenters. The molecule has 0 aliphatic carbocycles. The first-order valence-corrected chi connectivity index (χ1v) is 10.6. The van der Waals surface area contributed by atoms with Gasteiger partial charge in [0.25, 0.3) is 5.91 Å². The smallest absolute Gasteiger partial charge is 0.329 e. The SMILES string of the molecule is C[C@@H](OC(=O)[C@@H]1CCC(=O)N1)C(=O)N1CCN(S(=O)(=O)c2ccccc2)CC1. The highest BCUT2D eigenvalue weighted by molar-refractivity contribution is 7.89. The van der Waals surface area contributed by atoms with Crippen LogP contribution in [-0.2, 0) is 29.1 Å². The summed E-state index contributed by atoms with van der Waals surface area (Å²) in [5.74, 6) is -1.22. The molecule has 0 bridgehead atoms. The summed E-state index contributed by atoms with van der Waals surface area (Å²) in [4.78, 5) is 37.5. The number of sulfonamides is 1. The molecule has 3 rings (SSSR count). The minimum Gasteiger partial charge on any atom is -0.451 e. The molecule has 10 heteroatoms. The minimum atomic E-state index is -3.60. The van der Waals surface area contributed by atoms with Crippen molar-refractivity contribution >= 4 is 27.8 Å². The van der Waals surface area contributed by atoms with Gasteiger partial charge >= 0.3 is 5.97 Å². The first kappa shape index (κ1) is 20.3. The summed E-state index contributed by atoms with van der Waals surface area (Å²) in [5, 5.41) is 2.50. The van der Waals surface area contributed by atoms with Crippen LogP contribution in [-0.4, -0.2) is 73.7 Å². The number of rotatable bonds is 5. The minimum absolute atomic E-state index is 0.169. The highest BCUT2D eigenvalue weighted by Crippen LogP contribution is 2.18. The molecule has 9 nitrogen and oxygen atoms in total. The number of amides is 2. The summed E-state index contributed by atoms with van der Waals surface area (Å²) < 4.78 is 31.8. The van der Waals surface area contributed by atoms with Crippen molar-refractivity contribution in [1.29, 1.82) is 0 Å². The predicted molar refractivity (Wildman–Crippen MR) is 98.5 cm³/mol. The van der Waals surface area contributed by atoms with Gasteiger partial charge in [-0.05, 0) is 25.5 Å². The molecule has 2 heterocycles. The maximum atomic E-state index is 12.6. The Labute approximate surface area is 163 Å². The molecule has 28 heavy (non-hydrogen) atoms. The topological polar surface area (TPSA) is 113 Å². The highest BCUT2D eigenvalue weighted by atomic mass is 32.2. The third-order valence-electron chi connectivity index (χ3n) is 4.85. The predicted octanol–water partition coefficient (Wildman–Crippen LogP) is -0.270. The second-order valence-electron chi connectivity index (χ2n) is 6.78. The van der Waals surface area contributed by atoms with Gasteiger partial charge in [-0.3, -0.25) is 9.59 Å². The van der Waals surface area contributed by atoms with Crippen LogP contribution in [0.25, 0.3) is 0 Å². The molecule has 2 fully saturated rings. The van der Waals surface area contributed by atoms with Crippen molar-refractivity contribution in [2.75, 3.05) is 26.2 Å². The Hall–Kier alpha value is -2.46. The van der Waals surface area contributed by atoms with Crippen LogP contribution in [0.15, 0.2) is 35.2 Å². The van der Waals surface area contributed by atoms with Crippen molar-refractivity contribution in [2.24, 2.45) is 0 Å². The highest BCUT2D eigenvalue weighted by Gasteiger charge is 2.34. The van der Waals surface area contributed by atoms with Crippen molar-refractivity contribution in [1.82, 2.24) is 14.5 Å². The number of esters is 1. The summed E-state index contributed by atoms with van der Waals surface area (Å²) >= 11 is 0.